The molecule has 0 amide bonds. The minimum atomic E-state index is -3.44. The number of rotatable bonds is 8. The van der Waals surface area contributed by atoms with Crippen LogP contribution in [0.4, 0.5) is 0 Å². The fourth-order valence-electron chi connectivity index (χ4n) is 2.27. The molecule has 0 bridgehead atoms. The summed E-state index contributed by atoms with van der Waals surface area (Å²) in [7, 11) is -3.44. The highest BCUT2D eigenvalue weighted by atomic mass is 32.2. The van der Waals surface area contributed by atoms with Gasteiger partial charge in [-0.05, 0) is 43.6 Å². The fraction of sp³-hybridized carbons (Fsp3) is 0.733. The number of hydrogen-bond donors (Lipinski definition) is 2. The first kappa shape index (κ1) is 16.9. The molecular formula is C15H26N2O2S2. The summed E-state index contributed by atoms with van der Waals surface area (Å²) in [6, 6.07) is 0.526. The quantitative estimate of drug-likeness (QED) is 0.770. The zero-order valence-electron chi connectivity index (χ0n) is 13.3. The van der Waals surface area contributed by atoms with Gasteiger partial charge in [0.1, 0.15) is 4.90 Å². The van der Waals surface area contributed by atoms with E-state index in [1.165, 1.54) is 24.2 Å². The molecular weight excluding hydrogens is 304 g/mol. The van der Waals surface area contributed by atoms with Gasteiger partial charge in [-0.1, -0.05) is 20.3 Å². The first-order chi connectivity index (χ1) is 9.85. The van der Waals surface area contributed by atoms with Crippen LogP contribution in [0.5, 0.6) is 0 Å². The zero-order valence-corrected chi connectivity index (χ0v) is 14.9. The average molecular weight is 331 g/mol. The first-order valence-corrected chi connectivity index (χ1v) is 10.0. The van der Waals surface area contributed by atoms with Crippen LogP contribution in [0.3, 0.4) is 0 Å². The highest BCUT2D eigenvalue weighted by Gasteiger charge is 2.27. The van der Waals surface area contributed by atoms with E-state index in [1.54, 1.807) is 0 Å². The first-order valence-electron chi connectivity index (χ1n) is 7.67. The number of aryl methyl sites for hydroxylation is 1. The van der Waals surface area contributed by atoms with Crippen molar-refractivity contribution in [2.75, 3.05) is 0 Å². The van der Waals surface area contributed by atoms with Crippen LogP contribution in [0.1, 0.15) is 50.5 Å². The molecule has 2 unspecified atom stereocenters. The van der Waals surface area contributed by atoms with Crippen molar-refractivity contribution in [1.29, 1.82) is 0 Å². The fourth-order valence-corrected chi connectivity index (χ4v) is 5.38. The maximum Gasteiger partial charge on any atom is 0.242 e. The van der Waals surface area contributed by atoms with E-state index in [0.29, 0.717) is 23.4 Å². The standard InChI is InChI=1S/C15H26N2O2S2/c1-5-10(2)12(4)17-21(18,19)15-11(3)9-20-14(15)8-16-13-6-7-13/h9-10,12-13,16-17H,5-8H2,1-4H3. The minimum Gasteiger partial charge on any atom is -0.309 e. The Morgan fingerprint density at radius 3 is 2.62 bits per heavy atom. The minimum absolute atomic E-state index is 0.0523. The van der Waals surface area contributed by atoms with Crippen molar-refractivity contribution >= 4 is 21.4 Å². The van der Waals surface area contributed by atoms with Crippen molar-refractivity contribution in [3.63, 3.8) is 0 Å². The van der Waals surface area contributed by atoms with Gasteiger partial charge in [0.25, 0.3) is 0 Å². The Morgan fingerprint density at radius 1 is 1.38 bits per heavy atom. The maximum absolute atomic E-state index is 12.7. The van der Waals surface area contributed by atoms with E-state index in [9.17, 15) is 8.42 Å². The molecule has 2 N–H and O–H groups in total. The van der Waals surface area contributed by atoms with Gasteiger partial charge in [-0.3, -0.25) is 0 Å². The molecule has 2 rings (SSSR count). The van der Waals surface area contributed by atoms with E-state index in [1.807, 2.05) is 19.2 Å². The van der Waals surface area contributed by atoms with Crippen molar-refractivity contribution in [1.82, 2.24) is 10.0 Å². The van der Waals surface area contributed by atoms with Gasteiger partial charge in [0.2, 0.25) is 10.0 Å². The van der Waals surface area contributed by atoms with Crippen LogP contribution in [0.25, 0.3) is 0 Å². The third-order valence-corrected chi connectivity index (χ3v) is 7.25. The van der Waals surface area contributed by atoms with Crippen molar-refractivity contribution in [3.05, 3.63) is 15.8 Å². The summed E-state index contributed by atoms with van der Waals surface area (Å²) >= 11 is 1.53. The van der Waals surface area contributed by atoms with Crippen LogP contribution in [0.15, 0.2) is 10.3 Å². The maximum atomic E-state index is 12.7. The van der Waals surface area contributed by atoms with Gasteiger partial charge in [-0.25, -0.2) is 13.1 Å². The third kappa shape index (κ3) is 4.28. The largest absolute Gasteiger partial charge is 0.309 e. The predicted molar refractivity (Wildman–Crippen MR) is 88.2 cm³/mol. The number of thiophene rings is 1. The Balaban J connectivity index is 2.15. The zero-order chi connectivity index (χ0) is 15.6. The van der Waals surface area contributed by atoms with Gasteiger partial charge in [0, 0.05) is 23.5 Å². The molecule has 0 radical (unpaired) electrons. The van der Waals surface area contributed by atoms with Crippen molar-refractivity contribution in [2.45, 2.75) is 70.5 Å². The highest BCUT2D eigenvalue weighted by molar-refractivity contribution is 7.89. The molecule has 0 aliphatic heterocycles. The third-order valence-electron chi connectivity index (χ3n) is 4.23. The molecule has 1 aliphatic rings. The average Bonchev–Trinajstić information content (AvgIpc) is 3.17. The summed E-state index contributed by atoms with van der Waals surface area (Å²) in [5.41, 5.74) is 0.844. The van der Waals surface area contributed by atoms with Crippen LogP contribution in [-0.2, 0) is 16.6 Å². The van der Waals surface area contributed by atoms with E-state index < -0.39 is 10.0 Å². The summed E-state index contributed by atoms with van der Waals surface area (Å²) in [5.74, 6) is 0.326. The Labute approximate surface area is 132 Å². The van der Waals surface area contributed by atoms with Gasteiger partial charge in [-0.15, -0.1) is 11.3 Å². The molecule has 2 atom stereocenters. The van der Waals surface area contributed by atoms with Crippen molar-refractivity contribution < 1.29 is 8.42 Å². The van der Waals surface area contributed by atoms with Gasteiger partial charge < -0.3 is 5.32 Å². The summed E-state index contributed by atoms with van der Waals surface area (Å²) in [5, 5.41) is 5.34. The molecule has 1 aromatic heterocycles. The molecule has 1 heterocycles. The lowest BCUT2D eigenvalue weighted by Crippen LogP contribution is -2.37. The second kappa shape index (κ2) is 6.77. The highest BCUT2D eigenvalue weighted by Crippen LogP contribution is 2.29. The van der Waals surface area contributed by atoms with Crippen LogP contribution in [0, 0.1) is 12.8 Å². The van der Waals surface area contributed by atoms with E-state index in [0.717, 1.165) is 16.9 Å². The van der Waals surface area contributed by atoms with Gasteiger partial charge in [0.05, 0.1) is 0 Å². The summed E-state index contributed by atoms with van der Waals surface area (Å²) in [6.07, 6.45) is 3.37. The lowest BCUT2D eigenvalue weighted by atomic mass is 10.0. The van der Waals surface area contributed by atoms with Gasteiger partial charge >= 0.3 is 0 Å². The molecule has 21 heavy (non-hydrogen) atoms. The van der Waals surface area contributed by atoms with E-state index in [4.69, 9.17) is 0 Å². The van der Waals surface area contributed by atoms with Crippen LogP contribution >= 0.6 is 11.3 Å². The van der Waals surface area contributed by atoms with Crippen molar-refractivity contribution in [3.8, 4) is 0 Å². The lowest BCUT2D eigenvalue weighted by Gasteiger charge is -2.20. The Morgan fingerprint density at radius 2 is 2.05 bits per heavy atom. The summed E-state index contributed by atoms with van der Waals surface area (Å²) < 4.78 is 28.2. The SMILES string of the molecule is CCC(C)C(C)NS(=O)(=O)c1c(C)csc1CNC1CC1. The Kier molecular flexibility index (Phi) is 5.46. The number of hydrogen-bond acceptors (Lipinski definition) is 4. The predicted octanol–water partition coefficient (Wildman–Crippen LogP) is 3.02. The van der Waals surface area contributed by atoms with Gasteiger partial charge in [-0.2, -0.15) is 0 Å². The van der Waals surface area contributed by atoms with E-state index >= 15 is 0 Å². The second-order valence-electron chi connectivity index (χ2n) is 6.12. The molecule has 1 fully saturated rings. The number of sulfonamides is 1. The molecule has 6 heteroatoms. The number of nitrogens with one attached hydrogen (secondary N) is 2. The van der Waals surface area contributed by atoms with Crippen LogP contribution in [0.2, 0.25) is 0 Å². The van der Waals surface area contributed by atoms with E-state index in [-0.39, 0.29) is 6.04 Å². The van der Waals surface area contributed by atoms with Crippen molar-refractivity contribution in [2.24, 2.45) is 5.92 Å². The molecule has 1 saturated carbocycles. The lowest BCUT2D eigenvalue weighted by molar-refractivity contribution is 0.433. The van der Waals surface area contributed by atoms with Crippen LogP contribution < -0.4 is 10.0 Å². The molecule has 1 aromatic rings. The monoisotopic (exact) mass is 330 g/mol. The molecule has 0 saturated heterocycles. The second-order valence-corrected chi connectivity index (χ2v) is 8.74. The Hall–Kier alpha value is -0.430. The molecule has 0 spiro atoms. The normalized spacial score (nSPS) is 18.7. The Bertz CT molecular complexity index is 576. The van der Waals surface area contributed by atoms with E-state index in [2.05, 4.69) is 23.9 Å². The smallest absolute Gasteiger partial charge is 0.242 e. The molecule has 120 valence electrons. The topological polar surface area (TPSA) is 58.2 Å². The molecule has 4 nitrogen and oxygen atoms in total. The van der Waals surface area contributed by atoms with Gasteiger partial charge in [0.15, 0.2) is 0 Å². The van der Waals surface area contributed by atoms with Crippen LogP contribution in [-0.4, -0.2) is 20.5 Å². The molecule has 1 aliphatic carbocycles. The molecule has 0 aromatic carbocycles. The summed E-state index contributed by atoms with van der Waals surface area (Å²) in [4.78, 5) is 1.40. The summed E-state index contributed by atoms with van der Waals surface area (Å²) in [6.45, 7) is 8.62.